The van der Waals surface area contributed by atoms with Crippen molar-refractivity contribution in [2.24, 2.45) is 11.1 Å². The molecule has 2 aromatic rings. The first-order valence-electron chi connectivity index (χ1n) is 10.1. The molecule has 30 heavy (non-hydrogen) atoms. The maximum Gasteiger partial charge on any atom is 0.255 e. The molecule has 1 aliphatic rings. The van der Waals surface area contributed by atoms with Gasteiger partial charge in [-0.1, -0.05) is 31.4 Å². The van der Waals surface area contributed by atoms with Crippen LogP contribution in [-0.2, 0) is 11.3 Å². The number of hydrogen-bond donors (Lipinski definition) is 3. The van der Waals surface area contributed by atoms with Crippen LogP contribution in [0, 0.1) is 11.2 Å². The number of rotatable bonds is 7. The van der Waals surface area contributed by atoms with Crippen LogP contribution in [0.3, 0.4) is 0 Å². The van der Waals surface area contributed by atoms with E-state index in [1.165, 1.54) is 30.7 Å². The summed E-state index contributed by atoms with van der Waals surface area (Å²) >= 11 is 0. The molecule has 2 aromatic carbocycles. The largest absolute Gasteiger partial charge is 0.352 e. The van der Waals surface area contributed by atoms with Crippen LogP contribution in [0.25, 0.3) is 0 Å². The van der Waals surface area contributed by atoms with Crippen molar-refractivity contribution in [3.8, 4) is 0 Å². The second-order valence-electron chi connectivity index (χ2n) is 7.88. The minimum atomic E-state index is -0.352. The van der Waals surface area contributed by atoms with Crippen LogP contribution in [0.1, 0.15) is 54.4 Å². The number of amides is 2. The summed E-state index contributed by atoms with van der Waals surface area (Å²) in [5.74, 6) is -0.597. The third kappa shape index (κ3) is 6.54. The van der Waals surface area contributed by atoms with Gasteiger partial charge in [-0.05, 0) is 66.8 Å². The molecule has 1 saturated carbocycles. The molecule has 0 aromatic heterocycles. The molecular weight excluding hydrogens is 405 g/mol. The van der Waals surface area contributed by atoms with Crippen molar-refractivity contribution >= 4 is 29.9 Å². The lowest BCUT2D eigenvalue weighted by Gasteiger charge is -2.35. The Labute approximate surface area is 183 Å². The highest BCUT2D eigenvalue weighted by Gasteiger charge is 2.32. The van der Waals surface area contributed by atoms with Crippen LogP contribution >= 0.6 is 12.4 Å². The molecule has 0 bridgehead atoms. The van der Waals surface area contributed by atoms with Crippen molar-refractivity contribution in [2.75, 3.05) is 11.9 Å². The zero-order valence-corrected chi connectivity index (χ0v) is 17.8. The maximum atomic E-state index is 12.9. The molecule has 0 atom stereocenters. The summed E-state index contributed by atoms with van der Waals surface area (Å²) in [6.45, 7) is 0.970. The van der Waals surface area contributed by atoms with Crippen molar-refractivity contribution in [1.82, 2.24) is 5.32 Å². The summed E-state index contributed by atoms with van der Waals surface area (Å²) in [6, 6.07) is 12.7. The van der Waals surface area contributed by atoms with E-state index in [9.17, 15) is 14.0 Å². The summed E-state index contributed by atoms with van der Waals surface area (Å²) in [5.41, 5.74) is 7.86. The van der Waals surface area contributed by atoms with E-state index in [0.717, 1.165) is 31.2 Å². The lowest BCUT2D eigenvalue weighted by atomic mass is 9.71. The summed E-state index contributed by atoms with van der Waals surface area (Å²) in [6.07, 6.45) is 6.04. The summed E-state index contributed by atoms with van der Waals surface area (Å²) in [7, 11) is 0. The van der Waals surface area contributed by atoms with Crippen molar-refractivity contribution in [3.63, 3.8) is 0 Å². The summed E-state index contributed by atoms with van der Waals surface area (Å²) in [4.78, 5) is 24.7. The van der Waals surface area contributed by atoms with Gasteiger partial charge in [0.2, 0.25) is 5.91 Å². The predicted octanol–water partition coefficient (Wildman–Crippen LogP) is 4.42. The predicted molar refractivity (Wildman–Crippen MR) is 119 cm³/mol. The van der Waals surface area contributed by atoms with Crippen LogP contribution in [0.2, 0.25) is 0 Å². The Bertz CT molecular complexity index is 835. The van der Waals surface area contributed by atoms with Crippen molar-refractivity contribution in [1.29, 1.82) is 0 Å². The Morgan fingerprint density at radius 1 is 0.967 bits per heavy atom. The highest BCUT2D eigenvalue weighted by molar-refractivity contribution is 6.04. The smallest absolute Gasteiger partial charge is 0.255 e. The number of nitrogens with one attached hydrogen (secondary N) is 2. The van der Waals surface area contributed by atoms with Gasteiger partial charge in [0.1, 0.15) is 5.82 Å². The average molecular weight is 434 g/mol. The van der Waals surface area contributed by atoms with E-state index in [2.05, 4.69) is 10.6 Å². The van der Waals surface area contributed by atoms with Gasteiger partial charge in [0.15, 0.2) is 0 Å². The minimum absolute atomic E-state index is 0. The molecule has 0 aliphatic heterocycles. The molecular formula is C23H29ClFN3O2. The van der Waals surface area contributed by atoms with Gasteiger partial charge in [0.25, 0.3) is 5.91 Å². The highest BCUT2D eigenvalue weighted by Crippen LogP contribution is 2.38. The molecule has 0 spiro atoms. The first-order chi connectivity index (χ1) is 14.0. The second-order valence-corrected chi connectivity index (χ2v) is 7.88. The van der Waals surface area contributed by atoms with Crippen LogP contribution < -0.4 is 16.4 Å². The Hall–Kier alpha value is -2.44. The first-order valence-corrected chi connectivity index (χ1v) is 10.1. The fraction of sp³-hybridized carbons (Fsp3) is 0.391. The number of halogens is 2. The van der Waals surface area contributed by atoms with Crippen LogP contribution in [-0.4, -0.2) is 18.4 Å². The lowest BCUT2D eigenvalue weighted by Crippen LogP contribution is -2.38. The monoisotopic (exact) mass is 433 g/mol. The molecule has 1 aliphatic carbocycles. The maximum absolute atomic E-state index is 12.9. The second kappa shape index (κ2) is 11.1. The fourth-order valence-corrected chi connectivity index (χ4v) is 3.87. The quantitative estimate of drug-likeness (QED) is 0.604. The van der Waals surface area contributed by atoms with E-state index < -0.39 is 0 Å². The van der Waals surface area contributed by atoms with Gasteiger partial charge in [-0.25, -0.2) is 4.39 Å². The standard InChI is InChI=1S/C23H28FN3O2.ClH/c24-19-8-10-20(11-9-19)27-22(29)18-6-4-17(5-7-18)15-26-21(28)14-23(16-25)12-2-1-3-13-23;/h4-11H,1-3,12-16,25H2,(H,26,28)(H,27,29);1H. The Morgan fingerprint density at radius 2 is 1.60 bits per heavy atom. The summed E-state index contributed by atoms with van der Waals surface area (Å²) in [5, 5.41) is 5.69. The van der Waals surface area contributed by atoms with Gasteiger partial charge in [-0.2, -0.15) is 0 Å². The zero-order valence-electron chi connectivity index (χ0n) is 17.0. The number of carbonyl (C=O) groups is 2. The zero-order chi connectivity index (χ0) is 20.7. The van der Waals surface area contributed by atoms with E-state index in [1.807, 2.05) is 12.1 Å². The Kier molecular flexibility index (Phi) is 8.81. The SMILES string of the molecule is Cl.NCC1(CC(=O)NCc2ccc(C(=O)Nc3ccc(F)cc3)cc2)CCCCC1. The van der Waals surface area contributed by atoms with E-state index in [1.54, 1.807) is 12.1 Å². The topological polar surface area (TPSA) is 84.2 Å². The lowest BCUT2D eigenvalue weighted by molar-refractivity contribution is -0.124. The van der Waals surface area contributed by atoms with Gasteiger partial charge in [0.05, 0.1) is 0 Å². The van der Waals surface area contributed by atoms with Crippen molar-refractivity contribution in [2.45, 2.75) is 45.1 Å². The van der Waals surface area contributed by atoms with Gasteiger partial charge >= 0.3 is 0 Å². The molecule has 4 N–H and O–H groups in total. The Balaban J connectivity index is 0.00000320. The number of anilines is 1. The molecule has 162 valence electrons. The van der Waals surface area contributed by atoms with Crippen molar-refractivity contribution < 1.29 is 14.0 Å². The minimum Gasteiger partial charge on any atom is -0.352 e. The third-order valence-electron chi connectivity index (χ3n) is 5.69. The normalized spacial score (nSPS) is 15.0. The molecule has 5 nitrogen and oxygen atoms in total. The van der Waals surface area contributed by atoms with Crippen LogP contribution in [0.4, 0.5) is 10.1 Å². The molecule has 1 fully saturated rings. The first kappa shape index (κ1) is 23.8. The highest BCUT2D eigenvalue weighted by atomic mass is 35.5. The molecule has 0 heterocycles. The van der Waals surface area contributed by atoms with Gasteiger partial charge in [-0.3, -0.25) is 9.59 Å². The fourth-order valence-electron chi connectivity index (χ4n) is 3.87. The van der Waals surface area contributed by atoms with Gasteiger partial charge < -0.3 is 16.4 Å². The molecule has 7 heteroatoms. The number of nitrogens with two attached hydrogens (primary N) is 1. The third-order valence-corrected chi connectivity index (χ3v) is 5.69. The van der Waals surface area contributed by atoms with Gasteiger partial charge in [0, 0.05) is 24.2 Å². The number of benzene rings is 2. The molecule has 0 unspecified atom stereocenters. The number of carbonyl (C=O) groups excluding carboxylic acids is 2. The molecule has 0 saturated heterocycles. The van der Waals surface area contributed by atoms with E-state index in [0.29, 0.717) is 30.8 Å². The molecule has 2 amide bonds. The molecule has 0 radical (unpaired) electrons. The van der Waals surface area contributed by atoms with E-state index in [4.69, 9.17) is 5.73 Å². The van der Waals surface area contributed by atoms with Gasteiger partial charge in [-0.15, -0.1) is 12.4 Å². The summed E-state index contributed by atoms with van der Waals surface area (Å²) < 4.78 is 12.9. The van der Waals surface area contributed by atoms with Crippen LogP contribution in [0.15, 0.2) is 48.5 Å². The Morgan fingerprint density at radius 3 is 2.20 bits per heavy atom. The number of hydrogen-bond acceptors (Lipinski definition) is 3. The van der Waals surface area contributed by atoms with E-state index in [-0.39, 0.29) is 35.5 Å². The van der Waals surface area contributed by atoms with Crippen LogP contribution in [0.5, 0.6) is 0 Å². The molecule has 3 rings (SSSR count). The van der Waals surface area contributed by atoms with Crippen molar-refractivity contribution in [3.05, 3.63) is 65.5 Å². The van der Waals surface area contributed by atoms with E-state index >= 15 is 0 Å². The average Bonchev–Trinajstić information content (AvgIpc) is 2.75.